The van der Waals surface area contributed by atoms with Crippen molar-refractivity contribution < 1.29 is 14.3 Å². The Kier molecular flexibility index (Phi) is 4.15. The Balaban J connectivity index is 1.75. The number of ether oxygens (including phenoxy) is 2. The summed E-state index contributed by atoms with van der Waals surface area (Å²) in [5.41, 5.74) is 6.69. The van der Waals surface area contributed by atoms with E-state index in [0.717, 1.165) is 18.6 Å². The van der Waals surface area contributed by atoms with Crippen LogP contribution in [0.1, 0.15) is 48.9 Å². The molecule has 2 aliphatic rings. The molecule has 0 spiro atoms. The predicted molar refractivity (Wildman–Crippen MR) is 81.0 cm³/mol. The molecule has 0 amide bonds. The van der Waals surface area contributed by atoms with Gasteiger partial charge >= 0.3 is 0 Å². The van der Waals surface area contributed by atoms with Gasteiger partial charge in [-0.25, -0.2) is 0 Å². The van der Waals surface area contributed by atoms with Gasteiger partial charge in [-0.1, -0.05) is 19.3 Å². The minimum atomic E-state index is 0.00257. The number of ketones is 1. The lowest BCUT2D eigenvalue weighted by Gasteiger charge is -2.35. The molecule has 0 aromatic heterocycles. The average molecular weight is 289 g/mol. The molecule has 1 aromatic rings. The van der Waals surface area contributed by atoms with Gasteiger partial charge in [-0.05, 0) is 43.0 Å². The fourth-order valence-corrected chi connectivity index (χ4v) is 3.41. The van der Waals surface area contributed by atoms with E-state index in [-0.39, 0.29) is 11.2 Å². The summed E-state index contributed by atoms with van der Waals surface area (Å²) in [6, 6.07) is 5.48. The maximum absolute atomic E-state index is 12.6. The highest BCUT2D eigenvalue weighted by atomic mass is 16.6. The van der Waals surface area contributed by atoms with Gasteiger partial charge in [-0.2, -0.15) is 0 Å². The number of carbonyl (C=O) groups is 1. The fraction of sp³-hybridized carbons (Fsp3) is 0.588. The van der Waals surface area contributed by atoms with E-state index in [2.05, 4.69) is 0 Å². The summed E-state index contributed by atoms with van der Waals surface area (Å²) in [6.07, 6.45) is 6.32. The van der Waals surface area contributed by atoms with E-state index in [9.17, 15) is 4.79 Å². The molecule has 1 aliphatic heterocycles. The minimum Gasteiger partial charge on any atom is -0.486 e. The van der Waals surface area contributed by atoms with Crippen molar-refractivity contribution in [2.75, 3.05) is 19.8 Å². The van der Waals surface area contributed by atoms with E-state index < -0.39 is 0 Å². The molecule has 1 aliphatic carbocycles. The van der Waals surface area contributed by atoms with Gasteiger partial charge in [0, 0.05) is 12.0 Å². The summed E-state index contributed by atoms with van der Waals surface area (Å²) >= 11 is 0. The summed E-state index contributed by atoms with van der Waals surface area (Å²) in [7, 11) is 0. The second kappa shape index (κ2) is 6.06. The van der Waals surface area contributed by atoms with Crippen molar-refractivity contribution in [3.63, 3.8) is 0 Å². The van der Waals surface area contributed by atoms with Crippen molar-refractivity contribution in [2.24, 2.45) is 11.1 Å². The van der Waals surface area contributed by atoms with Gasteiger partial charge in [0.05, 0.1) is 0 Å². The number of rotatable bonds is 4. The number of carbonyl (C=O) groups excluding carboxylic acids is 1. The molecular weight excluding hydrogens is 266 g/mol. The minimum absolute atomic E-state index is 0.00257. The second-order valence-corrected chi connectivity index (χ2v) is 6.22. The third-order valence-corrected chi connectivity index (χ3v) is 4.75. The number of hydrogen-bond acceptors (Lipinski definition) is 4. The molecule has 1 aromatic carbocycles. The first-order valence-electron chi connectivity index (χ1n) is 7.85. The van der Waals surface area contributed by atoms with Crippen LogP contribution in [0.15, 0.2) is 18.2 Å². The Morgan fingerprint density at radius 2 is 1.81 bits per heavy atom. The van der Waals surface area contributed by atoms with Gasteiger partial charge in [0.1, 0.15) is 13.2 Å². The summed E-state index contributed by atoms with van der Waals surface area (Å²) in [4.78, 5) is 12.6. The van der Waals surface area contributed by atoms with Gasteiger partial charge in [0.15, 0.2) is 17.3 Å². The highest BCUT2D eigenvalue weighted by Gasteiger charge is 2.33. The van der Waals surface area contributed by atoms with Gasteiger partial charge in [0.2, 0.25) is 0 Å². The zero-order chi connectivity index (χ0) is 14.7. The molecule has 0 bridgehead atoms. The zero-order valence-electron chi connectivity index (χ0n) is 12.4. The molecule has 1 heterocycles. The first-order chi connectivity index (χ1) is 10.2. The first kappa shape index (κ1) is 14.4. The maximum atomic E-state index is 12.6. The Labute approximate surface area is 125 Å². The van der Waals surface area contributed by atoms with E-state index in [1.54, 1.807) is 0 Å². The summed E-state index contributed by atoms with van der Waals surface area (Å²) in [5, 5.41) is 0. The van der Waals surface area contributed by atoms with Crippen LogP contribution in [0.4, 0.5) is 0 Å². The van der Waals surface area contributed by atoms with E-state index >= 15 is 0 Å². The lowest BCUT2D eigenvalue weighted by atomic mass is 9.70. The van der Waals surface area contributed by atoms with Gasteiger partial charge < -0.3 is 15.2 Å². The Hall–Kier alpha value is -1.55. The summed E-state index contributed by atoms with van der Waals surface area (Å²) < 4.78 is 11.0. The number of Topliss-reactive ketones (excluding diaryl/α,β-unsaturated/α-hetero) is 1. The molecule has 3 rings (SSSR count). The van der Waals surface area contributed by atoms with Crippen molar-refractivity contribution in [2.45, 2.75) is 38.5 Å². The first-order valence-corrected chi connectivity index (χ1v) is 7.85. The topological polar surface area (TPSA) is 61.6 Å². The van der Waals surface area contributed by atoms with E-state index in [1.807, 2.05) is 18.2 Å². The smallest absolute Gasteiger partial charge is 0.163 e. The van der Waals surface area contributed by atoms with E-state index in [4.69, 9.17) is 15.2 Å². The van der Waals surface area contributed by atoms with Crippen molar-refractivity contribution in [3.05, 3.63) is 23.8 Å². The molecule has 0 saturated heterocycles. The highest BCUT2D eigenvalue weighted by molar-refractivity contribution is 5.97. The highest BCUT2D eigenvalue weighted by Crippen LogP contribution is 2.40. The molecule has 4 heteroatoms. The van der Waals surface area contributed by atoms with Crippen LogP contribution in [-0.2, 0) is 0 Å². The van der Waals surface area contributed by atoms with E-state index in [1.165, 1.54) is 19.3 Å². The molecule has 4 nitrogen and oxygen atoms in total. The number of fused-ring (bicyclic) bond motifs is 1. The molecule has 1 saturated carbocycles. The third-order valence-electron chi connectivity index (χ3n) is 4.75. The molecule has 2 N–H and O–H groups in total. The van der Waals surface area contributed by atoms with Gasteiger partial charge in [-0.3, -0.25) is 4.79 Å². The zero-order valence-corrected chi connectivity index (χ0v) is 12.4. The quantitative estimate of drug-likeness (QED) is 0.866. The van der Waals surface area contributed by atoms with Crippen LogP contribution >= 0.6 is 0 Å². The van der Waals surface area contributed by atoms with Crippen LogP contribution in [0.3, 0.4) is 0 Å². The number of benzene rings is 1. The predicted octanol–water partition coefficient (Wildman–Crippen LogP) is 2.94. The number of nitrogens with two attached hydrogens (primary N) is 1. The fourth-order valence-electron chi connectivity index (χ4n) is 3.41. The van der Waals surface area contributed by atoms with Crippen LogP contribution in [0.25, 0.3) is 0 Å². The van der Waals surface area contributed by atoms with Crippen LogP contribution in [0.2, 0.25) is 0 Å². The van der Waals surface area contributed by atoms with Crippen molar-refractivity contribution in [3.8, 4) is 11.5 Å². The maximum Gasteiger partial charge on any atom is 0.163 e. The van der Waals surface area contributed by atoms with Crippen LogP contribution < -0.4 is 15.2 Å². The summed E-state index contributed by atoms with van der Waals surface area (Å²) in [5.74, 6) is 1.57. The largest absolute Gasteiger partial charge is 0.486 e. The van der Waals surface area contributed by atoms with Crippen molar-refractivity contribution in [1.29, 1.82) is 0 Å². The molecule has 1 fully saturated rings. The van der Waals surface area contributed by atoms with Crippen LogP contribution in [0.5, 0.6) is 11.5 Å². The van der Waals surface area contributed by atoms with Crippen molar-refractivity contribution >= 4 is 5.78 Å². The Morgan fingerprint density at radius 1 is 1.10 bits per heavy atom. The van der Waals surface area contributed by atoms with Crippen molar-refractivity contribution in [1.82, 2.24) is 0 Å². The van der Waals surface area contributed by atoms with Crippen LogP contribution in [0, 0.1) is 5.41 Å². The van der Waals surface area contributed by atoms with Crippen LogP contribution in [-0.4, -0.2) is 25.5 Å². The summed E-state index contributed by atoms with van der Waals surface area (Å²) in [6.45, 7) is 1.71. The monoisotopic (exact) mass is 289 g/mol. The molecule has 21 heavy (non-hydrogen) atoms. The normalized spacial score (nSPS) is 20.0. The van der Waals surface area contributed by atoms with Gasteiger partial charge in [0.25, 0.3) is 0 Å². The standard InChI is InChI=1S/C17H23NO3/c18-12-17(6-2-1-3-7-17)11-14(19)13-4-5-15-16(10-13)21-9-8-20-15/h4-5,10H,1-3,6-9,11-12,18H2. The van der Waals surface area contributed by atoms with Gasteiger partial charge in [-0.15, -0.1) is 0 Å². The lowest BCUT2D eigenvalue weighted by Crippen LogP contribution is -2.35. The second-order valence-electron chi connectivity index (χ2n) is 6.22. The SMILES string of the molecule is NCC1(CC(=O)c2ccc3c(c2)OCCO3)CCCCC1. The molecular formula is C17H23NO3. The molecule has 0 unspecified atom stereocenters. The molecule has 0 atom stereocenters. The number of hydrogen-bond donors (Lipinski definition) is 1. The molecule has 0 radical (unpaired) electrons. The van der Waals surface area contributed by atoms with E-state index in [0.29, 0.717) is 37.5 Å². The Bertz CT molecular complexity index is 521. The average Bonchev–Trinajstić information content (AvgIpc) is 2.55. The Morgan fingerprint density at radius 3 is 2.52 bits per heavy atom. The lowest BCUT2D eigenvalue weighted by molar-refractivity contribution is 0.0867. The molecule has 114 valence electrons. The third kappa shape index (κ3) is 3.05.